The first-order valence-corrected chi connectivity index (χ1v) is 12.5. The minimum Gasteiger partial charge on any atom is -0.487 e. The van der Waals surface area contributed by atoms with Gasteiger partial charge in [-0.15, -0.1) is 0 Å². The van der Waals surface area contributed by atoms with Crippen molar-refractivity contribution in [1.29, 1.82) is 0 Å². The molecule has 0 atom stereocenters. The zero-order chi connectivity index (χ0) is 22.8. The predicted octanol–water partition coefficient (Wildman–Crippen LogP) is 7.70. The highest BCUT2D eigenvalue weighted by Gasteiger charge is 2.26. The van der Waals surface area contributed by atoms with Crippen LogP contribution in [0.5, 0.6) is 5.75 Å². The second kappa shape index (κ2) is 10.1. The predicted molar refractivity (Wildman–Crippen MR) is 142 cm³/mol. The molecule has 0 spiro atoms. The van der Waals surface area contributed by atoms with Crippen molar-refractivity contribution in [1.82, 2.24) is 0 Å². The molecule has 162 valence electrons. The van der Waals surface area contributed by atoms with Crippen molar-refractivity contribution in [2.24, 2.45) is 4.99 Å². The number of aryl methyl sites for hydroxylation is 1. The van der Waals surface area contributed by atoms with Crippen molar-refractivity contribution < 1.29 is 14.3 Å². The van der Waals surface area contributed by atoms with Gasteiger partial charge in [0.25, 0.3) is 0 Å². The smallest absolute Gasteiger partial charge is 0.363 e. The highest BCUT2D eigenvalue weighted by Crippen LogP contribution is 2.36. The van der Waals surface area contributed by atoms with E-state index in [0.717, 1.165) is 23.6 Å². The highest BCUT2D eigenvalue weighted by molar-refractivity contribution is 14.1. The molecule has 1 aliphatic heterocycles. The summed E-state index contributed by atoms with van der Waals surface area (Å²) >= 11 is 15.5. The van der Waals surface area contributed by atoms with Crippen LogP contribution < -0.4 is 4.74 Å². The van der Waals surface area contributed by atoms with Crippen molar-refractivity contribution in [3.63, 3.8) is 0 Å². The van der Waals surface area contributed by atoms with E-state index < -0.39 is 5.97 Å². The zero-order valence-electron chi connectivity index (χ0n) is 16.7. The van der Waals surface area contributed by atoms with Gasteiger partial charge in [0, 0.05) is 3.57 Å². The van der Waals surface area contributed by atoms with Gasteiger partial charge in [-0.1, -0.05) is 41.4 Å². The normalized spacial score (nSPS) is 14.5. The van der Waals surface area contributed by atoms with Crippen LogP contribution in [0.1, 0.15) is 22.3 Å². The maximum atomic E-state index is 12.4. The van der Waals surface area contributed by atoms with E-state index in [1.807, 2.05) is 43.3 Å². The van der Waals surface area contributed by atoms with E-state index in [0.29, 0.717) is 22.9 Å². The number of rotatable bonds is 5. The Hall–Kier alpha value is -1.68. The third kappa shape index (κ3) is 5.44. The molecule has 0 unspecified atom stereocenters. The van der Waals surface area contributed by atoms with Gasteiger partial charge in [0.05, 0.1) is 19.5 Å². The molecular formula is C24H15Br2ClINO3. The number of benzene rings is 3. The van der Waals surface area contributed by atoms with Gasteiger partial charge in [0.15, 0.2) is 5.70 Å². The third-order valence-corrected chi connectivity index (χ3v) is 6.79. The molecule has 3 aromatic rings. The number of carbonyl (C=O) groups excluding carboxylic acids is 1. The van der Waals surface area contributed by atoms with Crippen LogP contribution in [0.25, 0.3) is 6.08 Å². The maximum Gasteiger partial charge on any atom is 0.363 e. The van der Waals surface area contributed by atoms with E-state index in [2.05, 4.69) is 71.6 Å². The second-order valence-electron chi connectivity index (χ2n) is 7.05. The number of carbonyl (C=O) groups is 1. The summed E-state index contributed by atoms with van der Waals surface area (Å²) in [6, 6.07) is 17.4. The van der Waals surface area contributed by atoms with Crippen molar-refractivity contribution >= 4 is 84.0 Å². The summed E-state index contributed by atoms with van der Waals surface area (Å²) in [6.45, 7) is 2.49. The van der Waals surface area contributed by atoms with Crippen molar-refractivity contribution in [2.45, 2.75) is 13.5 Å². The Bertz CT molecular complexity index is 1250. The number of hydrogen-bond acceptors (Lipinski definition) is 4. The number of ether oxygens (including phenoxy) is 2. The minimum absolute atomic E-state index is 0.195. The quantitative estimate of drug-likeness (QED) is 0.157. The van der Waals surface area contributed by atoms with Crippen molar-refractivity contribution in [2.75, 3.05) is 0 Å². The first kappa shape index (κ1) is 23.5. The number of hydrogen-bond donors (Lipinski definition) is 0. The standard InChI is InChI=1S/C24H15Br2ClINO3/c1-13-2-4-14(5-3-13)12-31-22-18(25)8-15(9-19(22)26)10-21-24(30)32-23(29-21)17-11-16(28)6-7-20(17)27/h2-11H,12H2,1H3/b21-10-. The Labute approximate surface area is 221 Å². The van der Waals surface area contributed by atoms with Crippen LogP contribution in [0.15, 0.2) is 74.2 Å². The Balaban J connectivity index is 1.57. The average molecular weight is 688 g/mol. The van der Waals surface area contributed by atoms with Crippen LogP contribution >= 0.6 is 66.1 Å². The van der Waals surface area contributed by atoms with E-state index in [9.17, 15) is 4.79 Å². The lowest BCUT2D eigenvalue weighted by atomic mass is 10.1. The molecule has 32 heavy (non-hydrogen) atoms. The fourth-order valence-electron chi connectivity index (χ4n) is 2.98. The molecule has 0 radical (unpaired) electrons. The summed E-state index contributed by atoms with van der Waals surface area (Å²) in [5.74, 6) is 0.347. The molecule has 8 heteroatoms. The zero-order valence-corrected chi connectivity index (χ0v) is 22.7. The summed E-state index contributed by atoms with van der Waals surface area (Å²) in [5, 5.41) is 0.471. The fourth-order valence-corrected chi connectivity index (χ4v) is 5.12. The fraction of sp³-hybridized carbons (Fsp3) is 0.0833. The maximum absolute atomic E-state index is 12.4. The summed E-state index contributed by atoms with van der Waals surface area (Å²) in [7, 11) is 0. The molecule has 0 aliphatic carbocycles. The van der Waals surface area contributed by atoms with Crippen LogP contribution in [0.3, 0.4) is 0 Å². The third-order valence-electron chi connectivity index (χ3n) is 4.61. The molecule has 3 aromatic carbocycles. The van der Waals surface area contributed by atoms with Gasteiger partial charge in [0.2, 0.25) is 5.90 Å². The molecule has 0 N–H and O–H groups in total. The summed E-state index contributed by atoms with van der Waals surface area (Å²) < 4.78 is 13.8. The van der Waals surface area contributed by atoms with Crippen LogP contribution in [0.2, 0.25) is 5.02 Å². The number of esters is 1. The Morgan fingerprint density at radius 1 is 1.09 bits per heavy atom. The lowest BCUT2D eigenvalue weighted by Crippen LogP contribution is -2.06. The minimum atomic E-state index is -0.526. The molecule has 0 amide bonds. The van der Waals surface area contributed by atoms with Gasteiger partial charge in [-0.3, -0.25) is 0 Å². The highest BCUT2D eigenvalue weighted by atomic mass is 127. The lowest BCUT2D eigenvalue weighted by molar-refractivity contribution is -0.129. The van der Waals surface area contributed by atoms with Crippen LogP contribution in [-0.4, -0.2) is 11.9 Å². The molecule has 4 nitrogen and oxygen atoms in total. The van der Waals surface area contributed by atoms with Crippen LogP contribution in [0, 0.1) is 10.5 Å². The molecular weight excluding hydrogens is 672 g/mol. The van der Waals surface area contributed by atoms with Gasteiger partial charge in [-0.05, 0) is 109 Å². The molecule has 0 saturated heterocycles. The monoisotopic (exact) mass is 685 g/mol. The van der Waals surface area contributed by atoms with Crippen LogP contribution in [-0.2, 0) is 16.1 Å². The number of cyclic esters (lactones) is 1. The number of halogens is 4. The van der Waals surface area contributed by atoms with E-state index in [4.69, 9.17) is 21.1 Å². The van der Waals surface area contributed by atoms with Gasteiger partial charge in [0.1, 0.15) is 12.4 Å². The van der Waals surface area contributed by atoms with Gasteiger partial charge >= 0.3 is 5.97 Å². The molecule has 4 rings (SSSR count). The Kier molecular flexibility index (Phi) is 7.39. The van der Waals surface area contributed by atoms with Crippen LogP contribution in [0.4, 0.5) is 0 Å². The van der Waals surface area contributed by atoms with Gasteiger partial charge < -0.3 is 9.47 Å². The van der Waals surface area contributed by atoms with Gasteiger partial charge in [-0.2, -0.15) is 0 Å². The topological polar surface area (TPSA) is 47.9 Å². The Morgan fingerprint density at radius 2 is 1.78 bits per heavy atom. The number of aliphatic imine (C=N–C) groups is 1. The first-order valence-electron chi connectivity index (χ1n) is 9.45. The van der Waals surface area contributed by atoms with E-state index in [1.54, 1.807) is 12.1 Å². The number of nitrogens with zero attached hydrogens (tertiary/aromatic N) is 1. The largest absolute Gasteiger partial charge is 0.487 e. The Morgan fingerprint density at radius 3 is 2.47 bits per heavy atom. The lowest BCUT2D eigenvalue weighted by Gasteiger charge is -2.11. The van der Waals surface area contributed by atoms with Gasteiger partial charge in [-0.25, -0.2) is 9.79 Å². The average Bonchev–Trinajstić information content (AvgIpc) is 3.10. The van der Waals surface area contributed by atoms with Crippen molar-refractivity contribution in [3.8, 4) is 5.75 Å². The molecule has 0 fully saturated rings. The molecule has 0 bridgehead atoms. The SMILES string of the molecule is Cc1ccc(COc2c(Br)cc(/C=C3\N=C(c4cc(I)ccc4Cl)OC3=O)cc2Br)cc1. The van der Waals surface area contributed by atoms with E-state index in [1.165, 1.54) is 5.56 Å². The molecule has 1 heterocycles. The summed E-state index contributed by atoms with van der Waals surface area (Å²) in [4.78, 5) is 16.7. The van der Waals surface area contributed by atoms with E-state index in [-0.39, 0.29) is 11.6 Å². The molecule has 1 aliphatic rings. The van der Waals surface area contributed by atoms with Crippen molar-refractivity contribution in [3.05, 3.63) is 100 Å². The summed E-state index contributed by atoms with van der Waals surface area (Å²) in [6.07, 6.45) is 1.66. The molecule has 0 saturated carbocycles. The molecule has 0 aromatic heterocycles. The van der Waals surface area contributed by atoms with E-state index >= 15 is 0 Å². The summed E-state index contributed by atoms with van der Waals surface area (Å²) in [5.41, 5.74) is 3.82. The first-order chi connectivity index (χ1) is 15.3. The second-order valence-corrected chi connectivity index (χ2v) is 10.4.